The molecule has 0 aliphatic carbocycles. The number of amides is 1. The molecule has 0 fully saturated rings. The molecule has 1 rings (SSSR count). The molecule has 0 aliphatic heterocycles. The molecule has 1 aromatic rings. The molecule has 0 aliphatic rings. The Kier molecular flexibility index (Phi) is 3.70. The highest BCUT2D eigenvalue weighted by Crippen LogP contribution is 2.09. The number of hydrogen-bond acceptors (Lipinski definition) is 4. The van der Waals surface area contributed by atoms with Crippen LogP contribution in [0.1, 0.15) is 19.0 Å². The number of halogens is 1. The zero-order chi connectivity index (χ0) is 9.68. The average molecular weight is 204 g/mol. The fraction of sp³-hybridized carbons (Fsp3) is 0.571. The van der Waals surface area contributed by atoms with Crippen LogP contribution in [0.5, 0.6) is 0 Å². The molecular formula is C7H10ClN3O2. The number of nitrogens with one attached hydrogen (secondary N) is 1. The molecule has 1 N–H and O–H groups in total. The van der Waals surface area contributed by atoms with E-state index >= 15 is 0 Å². The van der Waals surface area contributed by atoms with Crippen LogP contribution >= 0.6 is 11.6 Å². The molecule has 0 radical (unpaired) electrons. The number of anilines is 1. The Morgan fingerprint density at radius 2 is 2.38 bits per heavy atom. The van der Waals surface area contributed by atoms with Gasteiger partial charge in [0.15, 0.2) is 0 Å². The Morgan fingerprint density at radius 3 is 3.00 bits per heavy atom. The summed E-state index contributed by atoms with van der Waals surface area (Å²) in [7, 11) is 0. The van der Waals surface area contributed by atoms with Gasteiger partial charge in [-0.3, -0.25) is 4.79 Å². The van der Waals surface area contributed by atoms with Gasteiger partial charge in [0.05, 0.1) is 0 Å². The lowest BCUT2D eigenvalue weighted by atomic mass is 10.3. The number of hydrogen-bond donors (Lipinski definition) is 1. The largest absolute Gasteiger partial charge is 0.306 e. The van der Waals surface area contributed by atoms with Crippen LogP contribution in [-0.2, 0) is 11.2 Å². The van der Waals surface area contributed by atoms with E-state index in [-0.39, 0.29) is 12.3 Å². The van der Waals surface area contributed by atoms with Crippen molar-refractivity contribution in [3.05, 3.63) is 5.69 Å². The Labute approximate surface area is 80.4 Å². The van der Waals surface area contributed by atoms with E-state index in [1.165, 1.54) is 0 Å². The van der Waals surface area contributed by atoms with Crippen LogP contribution in [-0.4, -0.2) is 22.1 Å². The van der Waals surface area contributed by atoms with E-state index in [9.17, 15) is 4.79 Å². The molecular weight excluding hydrogens is 194 g/mol. The lowest BCUT2D eigenvalue weighted by molar-refractivity contribution is -0.115. The third-order valence-corrected chi connectivity index (χ3v) is 1.66. The topological polar surface area (TPSA) is 68.0 Å². The number of carbonyl (C=O) groups excluding carboxylic acids is 1. The lowest BCUT2D eigenvalue weighted by Crippen LogP contribution is -2.13. The molecule has 1 amide bonds. The zero-order valence-corrected chi connectivity index (χ0v) is 7.97. The standard InChI is InChI=1S/C7H10ClN3O2/c1-2-5-7(11-13-10-5)9-6(12)3-4-8/h2-4H2,1H3,(H,9,11,12). The molecule has 0 spiro atoms. The van der Waals surface area contributed by atoms with Crippen LogP contribution in [0, 0.1) is 0 Å². The first-order chi connectivity index (χ1) is 6.27. The highest BCUT2D eigenvalue weighted by Gasteiger charge is 2.10. The van der Waals surface area contributed by atoms with E-state index in [4.69, 9.17) is 11.6 Å². The highest BCUT2D eigenvalue weighted by atomic mass is 35.5. The van der Waals surface area contributed by atoms with Gasteiger partial charge in [-0.15, -0.1) is 11.6 Å². The van der Waals surface area contributed by atoms with Crippen molar-refractivity contribution in [2.45, 2.75) is 19.8 Å². The first kappa shape index (κ1) is 9.98. The number of alkyl halides is 1. The van der Waals surface area contributed by atoms with Gasteiger partial charge in [-0.25, -0.2) is 4.63 Å². The quantitative estimate of drug-likeness (QED) is 0.747. The minimum absolute atomic E-state index is 0.180. The van der Waals surface area contributed by atoms with Crippen molar-refractivity contribution in [2.24, 2.45) is 0 Å². The molecule has 0 atom stereocenters. The van der Waals surface area contributed by atoms with E-state index in [0.29, 0.717) is 23.8 Å². The van der Waals surface area contributed by atoms with Crippen LogP contribution in [0.15, 0.2) is 4.63 Å². The summed E-state index contributed by atoms with van der Waals surface area (Å²) in [5.74, 6) is 0.497. The first-order valence-corrected chi connectivity index (χ1v) is 4.48. The smallest absolute Gasteiger partial charge is 0.226 e. The average Bonchev–Trinajstić information content (AvgIpc) is 2.52. The Hall–Kier alpha value is -1.10. The van der Waals surface area contributed by atoms with Gasteiger partial charge < -0.3 is 5.32 Å². The third-order valence-electron chi connectivity index (χ3n) is 1.47. The van der Waals surface area contributed by atoms with Gasteiger partial charge in [0.1, 0.15) is 5.69 Å². The van der Waals surface area contributed by atoms with E-state index in [1.54, 1.807) is 0 Å². The maximum Gasteiger partial charge on any atom is 0.226 e. The summed E-state index contributed by atoms with van der Waals surface area (Å²) in [5, 5.41) is 9.71. The van der Waals surface area contributed by atoms with Gasteiger partial charge in [0.2, 0.25) is 11.7 Å². The summed E-state index contributed by atoms with van der Waals surface area (Å²) >= 11 is 5.39. The van der Waals surface area contributed by atoms with Crippen LogP contribution in [0.4, 0.5) is 5.82 Å². The van der Waals surface area contributed by atoms with Crippen molar-refractivity contribution in [3.63, 3.8) is 0 Å². The normalized spacial score (nSPS) is 10.0. The van der Waals surface area contributed by atoms with Crippen molar-refractivity contribution in [2.75, 3.05) is 11.2 Å². The summed E-state index contributed by atoms with van der Waals surface area (Å²) < 4.78 is 4.47. The van der Waals surface area contributed by atoms with Crippen molar-refractivity contribution in [3.8, 4) is 0 Å². The SMILES string of the molecule is CCc1nonc1NC(=O)CCCl. The first-order valence-electron chi connectivity index (χ1n) is 3.95. The van der Waals surface area contributed by atoms with Gasteiger partial charge in [-0.2, -0.15) is 0 Å². The van der Waals surface area contributed by atoms with Crippen molar-refractivity contribution < 1.29 is 9.42 Å². The van der Waals surface area contributed by atoms with Crippen molar-refractivity contribution in [1.82, 2.24) is 10.3 Å². The maximum atomic E-state index is 11.1. The molecule has 1 heterocycles. The predicted molar refractivity (Wildman–Crippen MR) is 47.6 cm³/mol. The van der Waals surface area contributed by atoms with Gasteiger partial charge in [0.25, 0.3) is 0 Å². The maximum absolute atomic E-state index is 11.1. The highest BCUT2D eigenvalue weighted by molar-refractivity contribution is 6.19. The number of nitrogens with zero attached hydrogens (tertiary/aromatic N) is 2. The fourth-order valence-electron chi connectivity index (χ4n) is 0.814. The second kappa shape index (κ2) is 4.81. The number of aryl methyl sites for hydroxylation is 1. The minimum Gasteiger partial charge on any atom is -0.306 e. The van der Waals surface area contributed by atoms with Crippen LogP contribution in [0.25, 0.3) is 0 Å². The van der Waals surface area contributed by atoms with E-state index in [2.05, 4.69) is 20.3 Å². The third kappa shape index (κ3) is 2.69. The molecule has 6 heteroatoms. The van der Waals surface area contributed by atoms with Crippen LogP contribution < -0.4 is 5.32 Å². The number of rotatable bonds is 4. The fourth-order valence-corrected chi connectivity index (χ4v) is 0.985. The van der Waals surface area contributed by atoms with Gasteiger partial charge in [-0.05, 0) is 11.6 Å². The molecule has 0 unspecified atom stereocenters. The van der Waals surface area contributed by atoms with Crippen molar-refractivity contribution >= 4 is 23.3 Å². The zero-order valence-electron chi connectivity index (χ0n) is 7.21. The summed E-state index contributed by atoms with van der Waals surface area (Å²) in [5.41, 5.74) is 0.642. The summed E-state index contributed by atoms with van der Waals surface area (Å²) in [6.07, 6.45) is 0.928. The van der Waals surface area contributed by atoms with Gasteiger partial charge >= 0.3 is 0 Å². The van der Waals surface area contributed by atoms with Crippen LogP contribution in [0.3, 0.4) is 0 Å². The van der Waals surface area contributed by atoms with E-state index in [0.717, 1.165) is 0 Å². The van der Waals surface area contributed by atoms with Crippen LogP contribution in [0.2, 0.25) is 0 Å². The number of aromatic nitrogens is 2. The number of carbonyl (C=O) groups is 1. The predicted octanol–water partition coefficient (Wildman–Crippen LogP) is 1.20. The second-order valence-electron chi connectivity index (χ2n) is 2.40. The van der Waals surface area contributed by atoms with E-state index in [1.807, 2.05) is 6.92 Å². The summed E-state index contributed by atoms with van der Waals surface area (Å²) in [4.78, 5) is 11.1. The van der Waals surface area contributed by atoms with E-state index < -0.39 is 0 Å². The van der Waals surface area contributed by atoms with Gasteiger partial charge in [-0.1, -0.05) is 12.1 Å². The molecule has 1 aromatic heterocycles. The Balaban J connectivity index is 2.57. The molecule has 5 nitrogen and oxygen atoms in total. The molecule has 0 saturated carbocycles. The molecule has 0 bridgehead atoms. The monoisotopic (exact) mass is 203 g/mol. The molecule has 0 saturated heterocycles. The molecule has 0 aromatic carbocycles. The Bertz CT molecular complexity index is 287. The summed E-state index contributed by atoms with van der Waals surface area (Å²) in [6.45, 7) is 1.90. The molecule has 72 valence electrons. The minimum atomic E-state index is -0.180. The van der Waals surface area contributed by atoms with Crippen molar-refractivity contribution in [1.29, 1.82) is 0 Å². The lowest BCUT2D eigenvalue weighted by Gasteiger charge is -1.98. The summed E-state index contributed by atoms with van der Waals surface area (Å²) in [6, 6.07) is 0. The molecule has 13 heavy (non-hydrogen) atoms. The van der Waals surface area contributed by atoms with Gasteiger partial charge in [0, 0.05) is 12.3 Å². The Morgan fingerprint density at radius 1 is 1.62 bits per heavy atom. The second-order valence-corrected chi connectivity index (χ2v) is 2.78.